The number of nitrogen functional groups attached to an aromatic ring is 1. The highest BCUT2D eigenvalue weighted by Crippen LogP contribution is 2.15. The van der Waals surface area contributed by atoms with Gasteiger partial charge in [-0.3, -0.25) is 9.59 Å². The summed E-state index contributed by atoms with van der Waals surface area (Å²) >= 11 is 0. The number of nitrogens with one attached hydrogen (secondary N) is 2. The number of anilines is 1. The molecule has 0 bridgehead atoms. The molecule has 0 saturated carbocycles. The van der Waals surface area contributed by atoms with Crippen molar-refractivity contribution < 1.29 is 14.3 Å². The third kappa shape index (κ3) is 8.26. The fourth-order valence-electron chi connectivity index (χ4n) is 2.65. The fourth-order valence-corrected chi connectivity index (χ4v) is 2.65. The second-order valence-corrected chi connectivity index (χ2v) is 7.86. The number of hydrogen-bond acceptors (Lipinski definition) is 5. The van der Waals surface area contributed by atoms with Crippen molar-refractivity contribution in [3.8, 4) is 0 Å². The highest BCUT2D eigenvalue weighted by Gasteiger charge is 2.24. The van der Waals surface area contributed by atoms with Crippen LogP contribution < -0.4 is 16.4 Å². The molecule has 0 aliphatic heterocycles. The number of carbonyl (C=O) groups excluding carboxylic acids is 2. The minimum Gasteiger partial charge on any atom is -0.459 e. The molecular weight excluding hydrogens is 342 g/mol. The van der Waals surface area contributed by atoms with Crippen molar-refractivity contribution in [2.75, 3.05) is 12.3 Å². The third-order valence-electron chi connectivity index (χ3n) is 3.89. The lowest BCUT2D eigenvalue weighted by Gasteiger charge is -2.25. The van der Waals surface area contributed by atoms with Gasteiger partial charge in [0.15, 0.2) is 0 Å². The maximum atomic E-state index is 12.6. The van der Waals surface area contributed by atoms with Crippen molar-refractivity contribution in [2.45, 2.75) is 59.7 Å². The first-order valence-electron chi connectivity index (χ1n) is 9.27. The van der Waals surface area contributed by atoms with Gasteiger partial charge in [-0.15, -0.1) is 0 Å². The second kappa shape index (κ2) is 10.1. The fraction of sp³-hybridized carbons (Fsp3) is 0.524. The van der Waals surface area contributed by atoms with Crippen LogP contribution in [0.4, 0.5) is 5.69 Å². The van der Waals surface area contributed by atoms with Crippen molar-refractivity contribution >= 4 is 17.6 Å². The van der Waals surface area contributed by atoms with Gasteiger partial charge in [0.2, 0.25) is 5.91 Å². The zero-order chi connectivity index (χ0) is 20.6. The number of carbonyl (C=O) groups is 2. The first kappa shape index (κ1) is 22.7. The first-order chi connectivity index (χ1) is 12.5. The van der Waals surface area contributed by atoms with Crippen LogP contribution in [0.1, 0.15) is 47.1 Å². The molecule has 1 rings (SSSR count). The van der Waals surface area contributed by atoms with Crippen molar-refractivity contribution in [2.24, 2.45) is 5.92 Å². The summed E-state index contributed by atoms with van der Waals surface area (Å²) in [6.45, 7) is 11.7. The van der Waals surface area contributed by atoms with E-state index < -0.39 is 11.6 Å². The third-order valence-corrected chi connectivity index (χ3v) is 3.89. The number of nitrogens with two attached hydrogens (primary N) is 1. The number of allylic oxidation sites excluding steroid dienone is 1. The molecule has 6 heteroatoms. The molecular formula is C21H33N3O3. The van der Waals surface area contributed by atoms with E-state index in [1.54, 1.807) is 26.8 Å². The summed E-state index contributed by atoms with van der Waals surface area (Å²) in [7, 11) is 0. The van der Waals surface area contributed by atoms with E-state index in [4.69, 9.17) is 10.5 Å². The number of rotatable bonds is 8. The average Bonchev–Trinajstić information content (AvgIpc) is 2.56. The molecule has 0 heterocycles. The smallest absolute Gasteiger partial charge is 0.325 e. The summed E-state index contributed by atoms with van der Waals surface area (Å²) in [6.07, 6.45) is 1.78. The van der Waals surface area contributed by atoms with E-state index in [0.29, 0.717) is 12.1 Å². The van der Waals surface area contributed by atoms with E-state index in [0.717, 1.165) is 11.3 Å². The molecule has 0 spiro atoms. The van der Waals surface area contributed by atoms with Crippen LogP contribution in [0.15, 0.2) is 35.9 Å². The van der Waals surface area contributed by atoms with Gasteiger partial charge < -0.3 is 21.1 Å². The molecule has 0 unspecified atom stereocenters. The summed E-state index contributed by atoms with van der Waals surface area (Å²) in [5.41, 5.74) is 7.54. The molecule has 1 aromatic rings. The van der Waals surface area contributed by atoms with Gasteiger partial charge in [-0.1, -0.05) is 32.1 Å². The molecule has 0 fully saturated rings. The number of benzene rings is 1. The predicted molar refractivity (Wildman–Crippen MR) is 109 cm³/mol. The number of hydrogen-bond donors (Lipinski definition) is 3. The lowest BCUT2D eigenvalue weighted by atomic mass is 9.94. The highest BCUT2D eigenvalue weighted by molar-refractivity contribution is 5.96. The zero-order valence-electron chi connectivity index (χ0n) is 17.3. The normalized spacial score (nSPS) is 13.4. The summed E-state index contributed by atoms with van der Waals surface area (Å²) in [6, 6.07) is 7.47. The van der Waals surface area contributed by atoms with Crippen molar-refractivity contribution in [3.05, 3.63) is 41.5 Å². The molecule has 150 valence electrons. The van der Waals surface area contributed by atoms with Crippen molar-refractivity contribution in [1.82, 2.24) is 10.6 Å². The predicted octanol–water partition coefficient (Wildman–Crippen LogP) is 2.79. The maximum Gasteiger partial charge on any atom is 0.325 e. The van der Waals surface area contributed by atoms with E-state index in [1.807, 2.05) is 45.0 Å². The topological polar surface area (TPSA) is 93.5 Å². The Labute approximate surface area is 162 Å². The zero-order valence-corrected chi connectivity index (χ0v) is 17.3. The van der Waals surface area contributed by atoms with Gasteiger partial charge in [0.25, 0.3) is 0 Å². The number of esters is 1. The van der Waals surface area contributed by atoms with Crippen LogP contribution >= 0.6 is 0 Å². The molecule has 27 heavy (non-hydrogen) atoms. The Hall–Kier alpha value is -2.34. The van der Waals surface area contributed by atoms with E-state index >= 15 is 0 Å². The molecule has 0 aromatic heterocycles. The van der Waals surface area contributed by atoms with Gasteiger partial charge in [0.1, 0.15) is 12.1 Å². The van der Waals surface area contributed by atoms with Crippen LogP contribution in [0.25, 0.3) is 0 Å². The van der Waals surface area contributed by atoms with Crippen LogP contribution in [-0.2, 0) is 20.9 Å². The SMILES string of the molecule is C/C=C(\C(=O)NCC(=O)OC(C)(C)C)[C@@H](NCc1ccc(N)cc1)C(C)C. The number of ether oxygens (including phenoxy) is 1. The van der Waals surface area contributed by atoms with Crippen LogP contribution in [0.5, 0.6) is 0 Å². The summed E-state index contributed by atoms with van der Waals surface area (Å²) in [5.74, 6) is -0.536. The minimum absolute atomic E-state index is 0.147. The standard InChI is InChI=1S/C21H33N3O3/c1-7-17(20(26)24-13-18(25)27-21(4,5)6)19(14(2)3)23-12-15-8-10-16(22)11-9-15/h7-11,14,19,23H,12-13,22H2,1-6H3,(H,24,26)/b17-7-/t19-/m0/s1. The Bertz CT molecular complexity index is 658. The Morgan fingerprint density at radius 3 is 2.26 bits per heavy atom. The Morgan fingerprint density at radius 2 is 1.78 bits per heavy atom. The number of amides is 1. The van der Waals surface area contributed by atoms with Crippen molar-refractivity contribution in [3.63, 3.8) is 0 Å². The largest absolute Gasteiger partial charge is 0.459 e. The Balaban J connectivity index is 2.71. The molecule has 6 nitrogen and oxygen atoms in total. The maximum absolute atomic E-state index is 12.6. The highest BCUT2D eigenvalue weighted by atomic mass is 16.6. The molecule has 0 aliphatic rings. The van der Waals surface area contributed by atoms with Gasteiger partial charge in [0, 0.05) is 23.8 Å². The Morgan fingerprint density at radius 1 is 1.19 bits per heavy atom. The first-order valence-corrected chi connectivity index (χ1v) is 9.27. The summed E-state index contributed by atoms with van der Waals surface area (Å²) in [4.78, 5) is 24.4. The molecule has 1 atom stereocenters. The molecule has 1 aromatic carbocycles. The van der Waals surface area contributed by atoms with Crippen LogP contribution in [0, 0.1) is 5.92 Å². The Kier molecular flexibility index (Phi) is 8.50. The van der Waals surface area contributed by atoms with Gasteiger partial charge in [-0.05, 0) is 51.3 Å². The second-order valence-electron chi connectivity index (χ2n) is 7.86. The molecule has 4 N–H and O–H groups in total. The molecule has 0 saturated heterocycles. The van der Waals surface area contributed by atoms with Crippen LogP contribution in [0.2, 0.25) is 0 Å². The van der Waals surface area contributed by atoms with Gasteiger partial charge in [-0.25, -0.2) is 0 Å². The lowest BCUT2D eigenvalue weighted by molar-refractivity contribution is -0.154. The van der Waals surface area contributed by atoms with Crippen molar-refractivity contribution in [1.29, 1.82) is 0 Å². The average molecular weight is 376 g/mol. The summed E-state index contributed by atoms with van der Waals surface area (Å²) in [5, 5.41) is 6.09. The quantitative estimate of drug-likeness (QED) is 0.369. The molecule has 0 aliphatic carbocycles. The lowest BCUT2D eigenvalue weighted by Crippen LogP contribution is -2.43. The van der Waals surface area contributed by atoms with Gasteiger partial charge in [-0.2, -0.15) is 0 Å². The van der Waals surface area contributed by atoms with Crippen LogP contribution in [-0.4, -0.2) is 30.1 Å². The van der Waals surface area contributed by atoms with Gasteiger partial charge in [0.05, 0.1) is 0 Å². The minimum atomic E-state index is -0.577. The van der Waals surface area contributed by atoms with E-state index in [2.05, 4.69) is 10.6 Å². The molecule has 0 radical (unpaired) electrons. The summed E-state index contributed by atoms with van der Waals surface area (Å²) < 4.78 is 5.23. The monoisotopic (exact) mass is 375 g/mol. The van der Waals surface area contributed by atoms with E-state index in [1.165, 1.54) is 0 Å². The van der Waals surface area contributed by atoms with E-state index in [-0.39, 0.29) is 24.4 Å². The van der Waals surface area contributed by atoms with E-state index in [9.17, 15) is 9.59 Å². The van der Waals surface area contributed by atoms with Gasteiger partial charge >= 0.3 is 5.97 Å². The van der Waals surface area contributed by atoms with Crippen LogP contribution in [0.3, 0.4) is 0 Å². The molecule has 1 amide bonds.